The molecule has 1 heterocycles. The molecule has 1 saturated heterocycles. The van der Waals surface area contributed by atoms with E-state index in [1.54, 1.807) is 6.92 Å². The van der Waals surface area contributed by atoms with Crippen molar-refractivity contribution in [3.63, 3.8) is 0 Å². The van der Waals surface area contributed by atoms with Gasteiger partial charge in [-0.3, -0.25) is 7.91 Å². The smallest absolute Gasteiger partial charge is 0.159 e. The fourth-order valence-corrected chi connectivity index (χ4v) is 2.79. The number of likely N-dealkylation sites (N-methyl/N-ethyl adjacent to an activating group) is 1. The van der Waals surface area contributed by atoms with E-state index in [4.69, 9.17) is 0 Å². The van der Waals surface area contributed by atoms with Crippen LogP contribution in [-0.4, -0.2) is 51.0 Å². The molecule has 1 aliphatic heterocycles. The lowest BCUT2D eigenvalue weighted by molar-refractivity contribution is -0.110. The number of hydrogen-bond donors (Lipinski definition) is 0. The van der Waals surface area contributed by atoms with Gasteiger partial charge >= 0.3 is 0 Å². The van der Waals surface area contributed by atoms with Gasteiger partial charge in [0.05, 0.1) is 0 Å². The Labute approximate surface area is 83.8 Å². The largest absolute Gasteiger partial charge is 0.304 e. The van der Waals surface area contributed by atoms with E-state index >= 15 is 0 Å². The quantitative estimate of drug-likeness (QED) is 0.544. The average molecular weight is 282 g/mol. The maximum atomic E-state index is 10.7. The van der Waals surface area contributed by atoms with Crippen LogP contribution in [-0.2, 0) is 4.79 Å². The highest BCUT2D eigenvalue weighted by Gasteiger charge is 2.11. The van der Waals surface area contributed by atoms with Crippen LogP contribution in [0.4, 0.5) is 0 Å². The molecule has 0 amide bonds. The van der Waals surface area contributed by atoms with Crippen molar-refractivity contribution < 1.29 is 4.79 Å². The van der Waals surface area contributed by atoms with Gasteiger partial charge in [-0.25, -0.2) is 0 Å². The van der Waals surface area contributed by atoms with Gasteiger partial charge in [0.2, 0.25) is 0 Å². The second-order valence-electron chi connectivity index (χ2n) is 3.03. The number of carbonyl (C=O) groups is 1. The molecule has 0 radical (unpaired) electrons. The van der Waals surface area contributed by atoms with Crippen LogP contribution >= 0.6 is 21.0 Å². The fraction of sp³-hybridized carbons (Fsp3) is 0.750. The van der Waals surface area contributed by atoms with Crippen molar-refractivity contribution >= 4 is 30.8 Å². The van der Waals surface area contributed by atoms with Crippen LogP contribution in [0.15, 0.2) is 0 Å². The molecule has 0 aromatic heterocycles. The highest BCUT2D eigenvalue weighted by Crippen LogP contribution is 2.10. The molecule has 70 valence electrons. The van der Waals surface area contributed by atoms with Gasteiger partial charge in [-0.1, -0.05) is 0 Å². The summed E-state index contributed by atoms with van der Waals surface area (Å²) < 4.78 is 4.28. The Morgan fingerprint density at radius 1 is 1.33 bits per heavy atom. The third-order valence-electron chi connectivity index (χ3n) is 1.79. The molecule has 0 aromatic carbocycles. The molecule has 0 unspecified atom stereocenters. The van der Waals surface area contributed by atoms with E-state index in [-0.39, 0.29) is 26.8 Å². The minimum absolute atomic E-state index is 0.124. The monoisotopic (exact) mass is 282 g/mol. The standard InChI is InChI=1S/C8H15IN2O/c1-8(12)7-9-11-5-3-10(2)4-6-11/h7H,3-6H2,1-2H3. The zero-order chi connectivity index (χ0) is 8.97. The summed E-state index contributed by atoms with van der Waals surface area (Å²) in [5, 5.41) is 0. The first-order valence-corrected chi connectivity index (χ1v) is 6.30. The summed E-state index contributed by atoms with van der Waals surface area (Å²) >= 11 is -0.124. The van der Waals surface area contributed by atoms with Crippen LogP contribution in [0.2, 0.25) is 0 Å². The molecule has 4 heteroatoms. The number of nitrogens with zero attached hydrogens (tertiary/aromatic N) is 2. The van der Waals surface area contributed by atoms with E-state index in [1.165, 1.54) is 0 Å². The van der Waals surface area contributed by atoms with Crippen molar-refractivity contribution in [1.29, 1.82) is 0 Å². The number of hydrogen-bond acceptors (Lipinski definition) is 3. The summed E-state index contributed by atoms with van der Waals surface area (Å²) in [4.78, 5) is 13.0. The predicted molar refractivity (Wildman–Crippen MR) is 59.8 cm³/mol. The Balaban J connectivity index is 2.30. The molecule has 0 aromatic rings. The molecule has 1 rings (SSSR count). The summed E-state index contributed by atoms with van der Waals surface area (Å²) in [6, 6.07) is 0. The molecule has 1 aliphatic rings. The molecule has 0 atom stereocenters. The van der Waals surface area contributed by atoms with Crippen LogP contribution in [0.25, 0.3) is 0 Å². The minimum atomic E-state index is -0.124. The lowest BCUT2D eigenvalue weighted by atomic mass is 10.4. The van der Waals surface area contributed by atoms with Gasteiger partial charge in [-0.05, 0) is 35.0 Å². The third kappa shape index (κ3) is 3.73. The maximum Gasteiger partial charge on any atom is 0.159 e. The van der Waals surface area contributed by atoms with Gasteiger partial charge < -0.3 is 4.90 Å². The van der Waals surface area contributed by atoms with E-state index in [0.29, 0.717) is 0 Å². The number of Topliss-reactive ketones (excluding diaryl/α,β-unsaturated/α-hetero) is 1. The highest BCUT2D eigenvalue weighted by atomic mass is 127. The molecule has 1 fully saturated rings. The summed E-state index contributed by atoms with van der Waals surface area (Å²) in [5.41, 5.74) is 0. The topological polar surface area (TPSA) is 23.6 Å². The number of rotatable bonds is 2. The van der Waals surface area contributed by atoms with Crippen molar-refractivity contribution in [2.24, 2.45) is 0 Å². The minimum Gasteiger partial charge on any atom is -0.304 e. The van der Waals surface area contributed by atoms with Gasteiger partial charge in [0.25, 0.3) is 0 Å². The fourth-order valence-electron chi connectivity index (χ4n) is 1.02. The lowest BCUT2D eigenvalue weighted by Gasteiger charge is -2.29. The van der Waals surface area contributed by atoms with E-state index < -0.39 is 0 Å². The number of carbonyl (C=O) groups excluding carboxylic acids is 1. The van der Waals surface area contributed by atoms with Gasteiger partial charge in [0.15, 0.2) is 5.78 Å². The normalized spacial score (nSPS) is 22.5. The molecule has 0 aliphatic carbocycles. The van der Waals surface area contributed by atoms with Crippen LogP contribution in [0.1, 0.15) is 6.92 Å². The second kappa shape index (κ2) is 5.04. The van der Waals surface area contributed by atoms with Gasteiger partial charge in [0, 0.05) is 30.2 Å². The SMILES string of the molecule is CC(=O)C=IN1CCN(C)CC1. The zero-order valence-corrected chi connectivity index (χ0v) is 9.74. The summed E-state index contributed by atoms with van der Waals surface area (Å²) in [6.07, 6.45) is 0. The summed E-state index contributed by atoms with van der Waals surface area (Å²) in [7, 11) is 2.14. The Bertz CT molecular complexity index is 185. The maximum absolute atomic E-state index is 10.7. The Morgan fingerprint density at radius 3 is 2.42 bits per heavy atom. The Hall–Kier alpha value is 0.190. The lowest BCUT2D eigenvalue weighted by Crippen LogP contribution is -2.40. The third-order valence-corrected chi connectivity index (χ3v) is 4.70. The first-order valence-electron chi connectivity index (χ1n) is 4.09. The molecular formula is C8H15IN2O. The molecule has 0 saturated carbocycles. The van der Waals surface area contributed by atoms with Crippen molar-refractivity contribution in [3.05, 3.63) is 0 Å². The van der Waals surface area contributed by atoms with Gasteiger partial charge in [0.1, 0.15) is 0 Å². The number of halogens is 1. The van der Waals surface area contributed by atoms with Crippen molar-refractivity contribution in [2.75, 3.05) is 33.2 Å². The van der Waals surface area contributed by atoms with E-state index in [2.05, 4.69) is 15.1 Å². The van der Waals surface area contributed by atoms with E-state index in [1.807, 2.05) is 4.01 Å². The summed E-state index contributed by atoms with van der Waals surface area (Å²) in [5.74, 6) is 0.224. The van der Waals surface area contributed by atoms with Crippen LogP contribution in [0, 0.1) is 0 Å². The van der Waals surface area contributed by atoms with Gasteiger partial charge in [-0.2, -0.15) is 0 Å². The van der Waals surface area contributed by atoms with Crippen LogP contribution in [0.3, 0.4) is 0 Å². The zero-order valence-electron chi connectivity index (χ0n) is 7.59. The Kier molecular flexibility index (Phi) is 4.31. The van der Waals surface area contributed by atoms with Crippen molar-refractivity contribution in [2.45, 2.75) is 6.92 Å². The van der Waals surface area contributed by atoms with Gasteiger partial charge in [-0.15, -0.1) is 0 Å². The number of ketones is 1. The molecule has 0 spiro atoms. The first kappa shape index (κ1) is 10.3. The molecular weight excluding hydrogens is 267 g/mol. The molecule has 12 heavy (non-hydrogen) atoms. The van der Waals surface area contributed by atoms with E-state index in [9.17, 15) is 4.79 Å². The van der Waals surface area contributed by atoms with Crippen LogP contribution < -0.4 is 0 Å². The molecule has 3 nitrogen and oxygen atoms in total. The van der Waals surface area contributed by atoms with Crippen molar-refractivity contribution in [3.8, 4) is 0 Å². The summed E-state index contributed by atoms with van der Waals surface area (Å²) in [6.45, 7) is 6.19. The molecule has 0 bridgehead atoms. The highest BCUT2D eigenvalue weighted by molar-refractivity contribution is 14.2. The Morgan fingerprint density at radius 2 is 1.92 bits per heavy atom. The first-order chi connectivity index (χ1) is 5.68. The molecule has 0 N–H and O–H groups in total. The number of piperazine rings is 1. The average Bonchev–Trinajstić information content (AvgIpc) is 2.03. The predicted octanol–water partition coefficient (Wildman–Crippen LogP) is 0.511. The second-order valence-corrected chi connectivity index (χ2v) is 5.57. The van der Waals surface area contributed by atoms with Crippen molar-refractivity contribution in [1.82, 2.24) is 8.01 Å². The van der Waals surface area contributed by atoms with E-state index in [0.717, 1.165) is 26.2 Å². The van der Waals surface area contributed by atoms with Crippen LogP contribution in [0.5, 0.6) is 0 Å².